The minimum atomic E-state index is -2.21. The Morgan fingerprint density at radius 1 is 1.12 bits per heavy atom. The number of anilines is 2. The molecule has 9 nitrogen and oxygen atoms in total. The van der Waals surface area contributed by atoms with Crippen LogP contribution in [0.15, 0.2) is 41.2 Å². The Bertz CT molecular complexity index is 1290. The summed E-state index contributed by atoms with van der Waals surface area (Å²) in [7, 11) is -0.628. The Balaban J connectivity index is 1.48. The van der Waals surface area contributed by atoms with Gasteiger partial charge in [-0.15, -0.1) is 0 Å². The number of aliphatic hydroxyl groups is 1. The molecule has 2 aromatic heterocycles. The van der Waals surface area contributed by atoms with E-state index >= 15 is 0 Å². The minimum Gasteiger partial charge on any atom is -0.496 e. The van der Waals surface area contributed by atoms with Crippen LogP contribution < -0.4 is 14.8 Å². The van der Waals surface area contributed by atoms with E-state index < -0.39 is 9.73 Å². The predicted octanol–water partition coefficient (Wildman–Crippen LogP) is 4.35. The number of ether oxygens (including phenoxy) is 2. The highest BCUT2D eigenvalue weighted by Gasteiger charge is 2.23. The first-order chi connectivity index (χ1) is 16.5. The van der Waals surface area contributed by atoms with Gasteiger partial charge in [0, 0.05) is 23.8 Å². The van der Waals surface area contributed by atoms with Crippen LogP contribution in [0.1, 0.15) is 38.5 Å². The number of methoxy groups -OCH3 is 1. The Hall–Kier alpha value is -2.98. The second-order valence-corrected chi connectivity index (χ2v) is 11.3. The molecule has 1 aliphatic heterocycles. The molecule has 0 radical (unpaired) electrons. The molecular weight excluding hydrogens is 454 g/mol. The van der Waals surface area contributed by atoms with Gasteiger partial charge in [-0.1, -0.05) is 0 Å². The van der Waals surface area contributed by atoms with Gasteiger partial charge in [0.2, 0.25) is 5.88 Å². The lowest BCUT2D eigenvalue weighted by molar-refractivity contribution is 0.0647. The lowest BCUT2D eigenvalue weighted by Crippen LogP contribution is -2.27. The predicted molar refractivity (Wildman–Crippen MR) is 132 cm³/mol. The van der Waals surface area contributed by atoms with Crippen molar-refractivity contribution in [3.8, 4) is 11.6 Å². The summed E-state index contributed by atoms with van der Waals surface area (Å²) in [5.41, 5.74) is 1.92. The largest absolute Gasteiger partial charge is 0.496 e. The smallest absolute Gasteiger partial charge is 0.238 e. The molecule has 1 saturated heterocycles. The summed E-state index contributed by atoms with van der Waals surface area (Å²) >= 11 is 0. The Kier molecular flexibility index (Phi) is 6.51. The number of hydrogen-bond acceptors (Lipinski definition) is 9. The summed E-state index contributed by atoms with van der Waals surface area (Å²) in [5, 5.41) is 13.8. The van der Waals surface area contributed by atoms with Crippen molar-refractivity contribution in [2.24, 2.45) is 4.36 Å². The lowest BCUT2D eigenvalue weighted by Gasteiger charge is -2.26. The number of aromatic nitrogens is 3. The van der Waals surface area contributed by atoms with Crippen molar-refractivity contribution < 1.29 is 18.8 Å². The van der Waals surface area contributed by atoms with Crippen LogP contribution in [0, 0.1) is 0 Å². The normalized spacial score (nSPS) is 21.8. The maximum atomic E-state index is 12.9. The molecule has 0 bridgehead atoms. The van der Waals surface area contributed by atoms with Crippen LogP contribution in [0.2, 0.25) is 0 Å². The lowest BCUT2D eigenvalue weighted by atomic mass is 9.95. The number of hydrogen-bond donors (Lipinski definition) is 2. The van der Waals surface area contributed by atoms with E-state index in [0.717, 1.165) is 38.5 Å². The topological polar surface area (TPSA) is 119 Å². The zero-order chi connectivity index (χ0) is 23.5. The van der Waals surface area contributed by atoms with Crippen molar-refractivity contribution in [1.29, 1.82) is 0 Å². The molecule has 0 spiro atoms. The molecule has 10 heteroatoms. The van der Waals surface area contributed by atoms with Crippen LogP contribution in [0.5, 0.6) is 11.6 Å². The number of nitrogens with one attached hydrogen (secondary N) is 1. The number of benzene rings is 1. The molecule has 3 heterocycles. The van der Waals surface area contributed by atoms with Crippen molar-refractivity contribution in [3.05, 3.63) is 36.8 Å². The third-order valence-corrected chi connectivity index (χ3v) is 8.70. The van der Waals surface area contributed by atoms with Crippen molar-refractivity contribution in [1.82, 2.24) is 15.0 Å². The monoisotopic (exact) mass is 483 g/mol. The molecule has 180 valence electrons. The van der Waals surface area contributed by atoms with Gasteiger partial charge in [0.15, 0.2) is 0 Å². The average Bonchev–Trinajstić information content (AvgIpc) is 3.27. The Morgan fingerprint density at radius 3 is 2.68 bits per heavy atom. The van der Waals surface area contributed by atoms with E-state index in [0.29, 0.717) is 51.2 Å². The third-order valence-electron chi connectivity index (χ3n) is 6.30. The SMILES string of the molecule is COc1cc(N=S2(=O)CCCC2)cc2ncnc(Nc3cccnc3O[C@H]3CC[C@H](O)CC3)c12. The van der Waals surface area contributed by atoms with Crippen molar-refractivity contribution in [3.63, 3.8) is 0 Å². The number of nitrogens with zero attached hydrogens (tertiary/aromatic N) is 4. The quantitative estimate of drug-likeness (QED) is 0.531. The molecule has 2 fully saturated rings. The van der Waals surface area contributed by atoms with Gasteiger partial charge in [0.05, 0.1) is 39.5 Å². The molecule has 1 saturated carbocycles. The van der Waals surface area contributed by atoms with Gasteiger partial charge >= 0.3 is 0 Å². The van der Waals surface area contributed by atoms with E-state index in [4.69, 9.17) is 9.47 Å². The molecular formula is C24H29N5O4S. The van der Waals surface area contributed by atoms with E-state index in [1.165, 1.54) is 6.33 Å². The van der Waals surface area contributed by atoms with Crippen molar-refractivity contribution in [2.75, 3.05) is 23.9 Å². The molecule has 1 aromatic carbocycles. The van der Waals surface area contributed by atoms with E-state index in [1.807, 2.05) is 18.2 Å². The van der Waals surface area contributed by atoms with Crippen LogP contribution in [0.25, 0.3) is 10.9 Å². The zero-order valence-corrected chi connectivity index (χ0v) is 20.0. The highest BCUT2D eigenvalue weighted by molar-refractivity contribution is 7.93. The molecule has 0 atom stereocenters. The van der Waals surface area contributed by atoms with E-state index in [2.05, 4.69) is 24.6 Å². The molecule has 2 aliphatic rings. The van der Waals surface area contributed by atoms with Gasteiger partial charge < -0.3 is 19.9 Å². The first kappa shape index (κ1) is 22.8. The van der Waals surface area contributed by atoms with Crippen molar-refractivity contribution >= 4 is 37.8 Å². The standard InChI is InChI=1S/C24H29N5O4S/c1-32-21-14-16(29-34(31)11-2-3-12-34)13-20-22(21)23(27-15-26-20)28-19-5-4-10-25-24(19)33-18-8-6-17(30)7-9-18/h4-5,10,13-15,17-18,30H,2-3,6-9,11-12H2,1H3,(H,26,27,28)/t17-,18-. The number of rotatable bonds is 6. The maximum absolute atomic E-state index is 12.9. The number of pyridine rings is 1. The number of aliphatic hydroxyl groups excluding tert-OH is 1. The first-order valence-electron chi connectivity index (χ1n) is 11.6. The fourth-order valence-electron chi connectivity index (χ4n) is 4.52. The highest BCUT2D eigenvalue weighted by Crippen LogP contribution is 2.37. The van der Waals surface area contributed by atoms with Gasteiger partial charge in [-0.2, -0.15) is 4.36 Å². The summed E-state index contributed by atoms with van der Waals surface area (Å²) in [6.07, 6.45) is 7.86. The fourth-order valence-corrected chi connectivity index (χ4v) is 6.70. The molecule has 0 amide bonds. The zero-order valence-electron chi connectivity index (χ0n) is 19.1. The van der Waals surface area contributed by atoms with Crippen molar-refractivity contribution in [2.45, 2.75) is 50.7 Å². The van der Waals surface area contributed by atoms with Crippen LogP contribution in [0.4, 0.5) is 17.2 Å². The minimum absolute atomic E-state index is 0.0113. The summed E-state index contributed by atoms with van der Waals surface area (Å²) < 4.78 is 29.3. The number of fused-ring (bicyclic) bond motifs is 1. The molecule has 3 aromatic rings. The summed E-state index contributed by atoms with van der Waals surface area (Å²) in [6.45, 7) is 0. The molecule has 0 unspecified atom stereocenters. The summed E-state index contributed by atoms with van der Waals surface area (Å²) in [6, 6.07) is 7.32. The van der Waals surface area contributed by atoms with E-state index in [9.17, 15) is 9.32 Å². The van der Waals surface area contributed by atoms with E-state index in [-0.39, 0.29) is 12.2 Å². The molecule has 5 rings (SSSR count). The Morgan fingerprint density at radius 2 is 1.91 bits per heavy atom. The van der Waals surface area contributed by atoms with Gasteiger partial charge in [-0.3, -0.25) is 0 Å². The van der Waals surface area contributed by atoms with Gasteiger partial charge in [0.1, 0.15) is 29.7 Å². The van der Waals surface area contributed by atoms with Crippen LogP contribution in [-0.2, 0) is 9.73 Å². The van der Waals surface area contributed by atoms with Gasteiger partial charge in [-0.05, 0) is 56.7 Å². The third kappa shape index (κ3) is 4.92. The van der Waals surface area contributed by atoms with Crippen LogP contribution >= 0.6 is 0 Å². The van der Waals surface area contributed by atoms with E-state index in [1.54, 1.807) is 19.4 Å². The molecule has 2 N–H and O–H groups in total. The fraction of sp³-hybridized carbons (Fsp3) is 0.458. The van der Waals surface area contributed by atoms with Crippen LogP contribution in [0.3, 0.4) is 0 Å². The summed E-state index contributed by atoms with van der Waals surface area (Å²) in [5.74, 6) is 2.85. The molecule has 1 aliphatic carbocycles. The Labute approximate surface area is 199 Å². The summed E-state index contributed by atoms with van der Waals surface area (Å²) in [4.78, 5) is 13.3. The van der Waals surface area contributed by atoms with Gasteiger partial charge in [-0.25, -0.2) is 19.2 Å². The van der Waals surface area contributed by atoms with Crippen LogP contribution in [-0.4, -0.2) is 55.1 Å². The highest BCUT2D eigenvalue weighted by atomic mass is 32.2. The molecule has 34 heavy (non-hydrogen) atoms. The van der Waals surface area contributed by atoms with Gasteiger partial charge in [0.25, 0.3) is 0 Å². The second-order valence-electron chi connectivity index (χ2n) is 8.77. The first-order valence-corrected chi connectivity index (χ1v) is 13.5. The maximum Gasteiger partial charge on any atom is 0.238 e. The average molecular weight is 484 g/mol. The second kappa shape index (κ2) is 9.71.